The van der Waals surface area contributed by atoms with Crippen LogP contribution in [0.3, 0.4) is 0 Å². The smallest absolute Gasteiger partial charge is 0.323 e. The van der Waals surface area contributed by atoms with E-state index in [1.807, 2.05) is 0 Å². The van der Waals surface area contributed by atoms with E-state index in [4.69, 9.17) is 10.8 Å². The van der Waals surface area contributed by atoms with Gasteiger partial charge in [-0.1, -0.05) is 0 Å². The van der Waals surface area contributed by atoms with Crippen molar-refractivity contribution < 1.29 is 18.3 Å². The van der Waals surface area contributed by atoms with Crippen LogP contribution in [0, 0.1) is 0 Å². The summed E-state index contributed by atoms with van der Waals surface area (Å²) in [5, 5.41) is 7.00. The Morgan fingerprint density at radius 1 is 1.62 bits per heavy atom. The molecule has 0 aliphatic carbocycles. The molecule has 0 heterocycles. The van der Waals surface area contributed by atoms with E-state index in [9.17, 15) is 13.2 Å². The molecule has 0 rings (SSSR count). The zero-order valence-electron chi connectivity index (χ0n) is 7.36. The van der Waals surface area contributed by atoms with Gasteiger partial charge in [0.2, 0.25) is 10.0 Å². The Kier molecular flexibility index (Phi) is 4.89. The number of hydrogen-bond acceptors (Lipinski definition) is 4. The van der Waals surface area contributed by atoms with Gasteiger partial charge in [-0.15, -0.1) is 0 Å². The van der Waals surface area contributed by atoms with Gasteiger partial charge in [-0.3, -0.25) is 4.79 Å². The molecule has 0 saturated heterocycles. The maximum atomic E-state index is 11.1. The van der Waals surface area contributed by atoms with Crippen molar-refractivity contribution in [1.29, 1.82) is 0 Å². The van der Waals surface area contributed by atoms with Gasteiger partial charge in [-0.25, -0.2) is 13.1 Å². The Morgan fingerprint density at radius 3 is 2.54 bits per heavy atom. The Labute approximate surface area is 77.2 Å². The topological polar surface area (TPSA) is 109 Å². The average Bonchev–Trinajstić information content (AvgIpc) is 2.03. The van der Waals surface area contributed by atoms with E-state index in [0.29, 0.717) is 13.0 Å². The summed E-state index contributed by atoms with van der Waals surface area (Å²) in [5.41, 5.74) is 5.14. The first kappa shape index (κ1) is 12.3. The van der Waals surface area contributed by atoms with Crippen molar-refractivity contribution >= 4 is 16.0 Å². The van der Waals surface area contributed by atoms with Crippen LogP contribution < -0.4 is 10.5 Å². The largest absolute Gasteiger partial charge is 0.480 e. The molecule has 0 saturated carbocycles. The molecule has 0 fully saturated rings. The number of hydrogen-bond donors (Lipinski definition) is 3. The summed E-state index contributed by atoms with van der Waals surface area (Å²) in [5.74, 6) is -1.36. The minimum atomic E-state index is -3.74. The van der Waals surface area contributed by atoms with Gasteiger partial charge in [0.05, 0.1) is 0 Å². The van der Waals surface area contributed by atoms with E-state index < -0.39 is 21.2 Å². The van der Waals surface area contributed by atoms with Crippen LogP contribution in [0.4, 0.5) is 0 Å². The monoisotopic (exact) mass is 210 g/mol. The molecule has 0 aromatic carbocycles. The Balaban J connectivity index is 4.16. The molecular weight excluding hydrogens is 196 g/mol. The standard InChI is InChI=1S/C6H14N2O4S/c1-5(6(9)10)13(11,12)8-4-2-3-7/h5,8H,2-4,7H2,1H3,(H,9,10). The number of rotatable bonds is 6. The van der Waals surface area contributed by atoms with Gasteiger partial charge in [0, 0.05) is 6.54 Å². The Hall–Kier alpha value is -0.660. The van der Waals surface area contributed by atoms with Crippen LogP contribution in [0.2, 0.25) is 0 Å². The molecule has 0 aliphatic rings. The first-order valence-corrected chi connectivity index (χ1v) is 5.38. The molecule has 0 bridgehead atoms. The summed E-state index contributed by atoms with van der Waals surface area (Å²) in [6, 6.07) is 0. The fourth-order valence-corrected chi connectivity index (χ4v) is 1.52. The summed E-state index contributed by atoms with van der Waals surface area (Å²) in [6.07, 6.45) is 0.492. The van der Waals surface area contributed by atoms with Crippen LogP contribution in [0.15, 0.2) is 0 Å². The lowest BCUT2D eigenvalue weighted by atomic mass is 10.4. The second-order valence-corrected chi connectivity index (χ2v) is 4.65. The van der Waals surface area contributed by atoms with E-state index in [1.165, 1.54) is 0 Å². The highest BCUT2D eigenvalue weighted by Gasteiger charge is 2.26. The third-order valence-corrected chi connectivity index (χ3v) is 3.24. The van der Waals surface area contributed by atoms with E-state index in [0.717, 1.165) is 6.92 Å². The second-order valence-electron chi connectivity index (χ2n) is 2.56. The lowest BCUT2D eigenvalue weighted by molar-refractivity contribution is -0.136. The predicted octanol–water partition coefficient (Wildman–Crippen LogP) is -1.27. The number of nitrogens with one attached hydrogen (secondary N) is 1. The molecule has 1 unspecified atom stereocenters. The summed E-state index contributed by atoms with van der Waals surface area (Å²) in [6.45, 7) is 1.66. The molecule has 0 amide bonds. The maximum Gasteiger partial charge on any atom is 0.323 e. The number of carboxylic acid groups (broad SMARTS) is 1. The third kappa shape index (κ3) is 4.20. The first-order valence-electron chi connectivity index (χ1n) is 3.83. The van der Waals surface area contributed by atoms with Crippen LogP contribution in [0.25, 0.3) is 0 Å². The Bertz CT molecular complexity index is 262. The maximum absolute atomic E-state index is 11.1. The molecule has 13 heavy (non-hydrogen) atoms. The van der Waals surface area contributed by atoms with Crippen molar-refractivity contribution in [3.05, 3.63) is 0 Å². The average molecular weight is 210 g/mol. The van der Waals surface area contributed by atoms with Crippen LogP contribution in [-0.2, 0) is 14.8 Å². The molecule has 0 aromatic heterocycles. The van der Waals surface area contributed by atoms with Crippen molar-refractivity contribution in [2.75, 3.05) is 13.1 Å². The fourth-order valence-electron chi connectivity index (χ4n) is 0.574. The molecule has 4 N–H and O–H groups in total. The van der Waals surface area contributed by atoms with Gasteiger partial charge in [-0.2, -0.15) is 0 Å². The molecule has 7 heteroatoms. The SMILES string of the molecule is CC(C(=O)O)S(=O)(=O)NCCCN. The van der Waals surface area contributed by atoms with Gasteiger partial charge in [0.25, 0.3) is 0 Å². The van der Waals surface area contributed by atoms with E-state index in [1.54, 1.807) is 0 Å². The van der Waals surface area contributed by atoms with Crippen molar-refractivity contribution in [2.45, 2.75) is 18.6 Å². The van der Waals surface area contributed by atoms with E-state index >= 15 is 0 Å². The quantitative estimate of drug-likeness (QED) is 0.473. The van der Waals surface area contributed by atoms with Crippen molar-refractivity contribution in [3.63, 3.8) is 0 Å². The normalized spacial score (nSPS) is 14.0. The lowest BCUT2D eigenvalue weighted by Crippen LogP contribution is -2.38. The number of carboxylic acids is 1. The number of sulfonamides is 1. The minimum absolute atomic E-state index is 0.177. The summed E-state index contributed by atoms with van der Waals surface area (Å²) in [7, 11) is -3.74. The summed E-state index contributed by atoms with van der Waals surface area (Å²) in [4.78, 5) is 10.3. The van der Waals surface area contributed by atoms with Crippen LogP contribution in [-0.4, -0.2) is 37.8 Å². The highest BCUT2D eigenvalue weighted by atomic mass is 32.2. The fraction of sp³-hybridized carbons (Fsp3) is 0.833. The highest BCUT2D eigenvalue weighted by molar-refractivity contribution is 7.90. The predicted molar refractivity (Wildman–Crippen MR) is 47.7 cm³/mol. The van der Waals surface area contributed by atoms with Crippen molar-refractivity contribution in [3.8, 4) is 0 Å². The van der Waals surface area contributed by atoms with Crippen LogP contribution in [0.5, 0.6) is 0 Å². The molecule has 0 spiro atoms. The summed E-state index contributed by atoms with van der Waals surface area (Å²) < 4.78 is 24.4. The van der Waals surface area contributed by atoms with E-state index in [2.05, 4.69) is 4.72 Å². The zero-order chi connectivity index (χ0) is 10.5. The summed E-state index contributed by atoms with van der Waals surface area (Å²) >= 11 is 0. The molecule has 0 aromatic rings. The molecular formula is C6H14N2O4S. The van der Waals surface area contributed by atoms with E-state index in [-0.39, 0.29) is 6.54 Å². The van der Waals surface area contributed by atoms with Gasteiger partial charge >= 0.3 is 5.97 Å². The highest BCUT2D eigenvalue weighted by Crippen LogP contribution is 1.97. The molecule has 0 radical (unpaired) electrons. The number of nitrogens with two attached hydrogens (primary N) is 1. The minimum Gasteiger partial charge on any atom is -0.480 e. The Morgan fingerprint density at radius 2 is 2.15 bits per heavy atom. The van der Waals surface area contributed by atoms with Gasteiger partial charge < -0.3 is 10.8 Å². The molecule has 78 valence electrons. The molecule has 1 atom stereocenters. The van der Waals surface area contributed by atoms with Crippen LogP contribution in [0.1, 0.15) is 13.3 Å². The number of aliphatic carboxylic acids is 1. The third-order valence-electron chi connectivity index (χ3n) is 1.50. The molecule has 6 nitrogen and oxygen atoms in total. The van der Waals surface area contributed by atoms with Gasteiger partial charge in [-0.05, 0) is 19.9 Å². The van der Waals surface area contributed by atoms with Crippen LogP contribution >= 0.6 is 0 Å². The van der Waals surface area contributed by atoms with Crippen molar-refractivity contribution in [1.82, 2.24) is 4.72 Å². The first-order chi connectivity index (χ1) is 5.91. The number of carbonyl (C=O) groups is 1. The lowest BCUT2D eigenvalue weighted by Gasteiger charge is -2.08. The van der Waals surface area contributed by atoms with Crippen molar-refractivity contribution in [2.24, 2.45) is 5.73 Å². The second kappa shape index (κ2) is 5.15. The zero-order valence-corrected chi connectivity index (χ0v) is 8.17. The molecule has 0 aliphatic heterocycles. The van der Waals surface area contributed by atoms with Gasteiger partial charge in [0.15, 0.2) is 5.25 Å². The van der Waals surface area contributed by atoms with Gasteiger partial charge in [0.1, 0.15) is 0 Å².